The van der Waals surface area contributed by atoms with Crippen LogP contribution in [-0.2, 0) is 10.0 Å². The number of piperazine rings is 1. The van der Waals surface area contributed by atoms with Crippen molar-refractivity contribution in [1.82, 2.24) is 9.21 Å². The standard InChI is InChI=1S/C12H24N2O3S/c1-18(16,17)14-9-7-13(8-10-14)6-5-11-3-2-4-12(11)15/h11-12,15H,2-10H2,1H3. The molecule has 0 aromatic carbocycles. The Morgan fingerprint density at radius 1 is 1.17 bits per heavy atom. The minimum absolute atomic E-state index is 0.109. The lowest BCUT2D eigenvalue weighted by atomic mass is 10.0. The van der Waals surface area contributed by atoms with Crippen LogP contribution in [0.2, 0.25) is 0 Å². The van der Waals surface area contributed by atoms with Crippen molar-refractivity contribution in [3.63, 3.8) is 0 Å². The zero-order valence-corrected chi connectivity index (χ0v) is 11.9. The summed E-state index contributed by atoms with van der Waals surface area (Å²) in [7, 11) is -3.02. The molecule has 1 N–H and O–H groups in total. The molecule has 2 atom stereocenters. The van der Waals surface area contributed by atoms with Crippen LogP contribution in [0.4, 0.5) is 0 Å². The number of aliphatic hydroxyl groups excluding tert-OH is 1. The Kier molecular flexibility index (Phi) is 4.64. The van der Waals surface area contributed by atoms with Gasteiger partial charge < -0.3 is 10.0 Å². The van der Waals surface area contributed by atoms with E-state index in [2.05, 4.69) is 4.90 Å². The van der Waals surface area contributed by atoms with E-state index in [0.717, 1.165) is 45.3 Å². The molecular weight excluding hydrogens is 252 g/mol. The predicted octanol–water partition coefficient (Wildman–Crippen LogP) is 0.115. The first kappa shape index (κ1) is 14.2. The van der Waals surface area contributed by atoms with Gasteiger partial charge in [0.25, 0.3) is 0 Å². The smallest absolute Gasteiger partial charge is 0.211 e. The van der Waals surface area contributed by atoms with Crippen molar-refractivity contribution in [2.24, 2.45) is 5.92 Å². The van der Waals surface area contributed by atoms with Gasteiger partial charge in [-0.15, -0.1) is 0 Å². The van der Waals surface area contributed by atoms with Crippen LogP contribution >= 0.6 is 0 Å². The summed E-state index contributed by atoms with van der Waals surface area (Å²) >= 11 is 0. The van der Waals surface area contributed by atoms with Crippen molar-refractivity contribution in [2.75, 3.05) is 39.0 Å². The number of sulfonamides is 1. The Hall–Kier alpha value is -0.170. The fraction of sp³-hybridized carbons (Fsp3) is 1.00. The summed E-state index contributed by atoms with van der Waals surface area (Å²) in [5, 5.41) is 9.76. The molecule has 5 nitrogen and oxygen atoms in total. The van der Waals surface area contributed by atoms with Gasteiger partial charge in [0, 0.05) is 26.2 Å². The molecule has 1 aliphatic carbocycles. The molecule has 1 aliphatic heterocycles. The average Bonchev–Trinajstić information content (AvgIpc) is 2.72. The number of hydrogen-bond donors (Lipinski definition) is 1. The Labute approximate surface area is 110 Å². The molecule has 2 rings (SSSR count). The van der Waals surface area contributed by atoms with Crippen molar-refractivity contribution < 1.29 is 13.5 Å². The molecule has 1 saturated carbocycles. The summed E-state index contributed by atoms with van der Waals surface area (Å²) in [6, 6.07) is 0. The van der Waals surface area contributed by atoms with Crippen molar-refractivity contribution in [3.05, 3.63) is 0 Å². The van der Waals surface area contributed by atoms with Crippen LogP contribution in [0.15, 0.2) is 0 Å². The highest BCUT2D eigenvalue weighted by atomic mass is 32.2. The van der Waals surface area contributed by atoms with Gasteiger partial charge >= 0.3 is 0 Å². The summed E-state index contributed by atoms with van der Waals surface area (Å²) in [6.45, 7) is 3.82. The summed E-state index contributed by atoms with van der Waals surface area (Å²) in [4.78, 5) is 2.31. The molecule has 2 aliphatic rings. The van der Waals surface area contributed by atoms with Crippen LogP contribution in [0.3, 0.4) is 0 Å². The number of nitrogens with zero attached hydrogens (tertiary/aromatic N) is 2. The lowest BCUT2D eigenvalue weighted by Crippen LogP contribution is -2.48. The zero-order valence-electron chi connectivity index (χ0n) is 11.1. The van der Waals surface area contributed by atoms with Gasteiger partial charge in [-0.05, 0) is 31.7 Å². The van der Waals surface area contributed by atoms with Crippen molar-refractivity contribution >= 4 is 10.0 Å². The molecule has 2 fully saturated rings. The molecule has 1 heterocycles. The van der Waals surface area contributed by atoms with Crippen molar-refractivity contribution in [1.29, 1.82) is 0 Å². The van der Waals surface area contributed by atoms with Crippen molar-refractivity contribution in [2.45, 2.75) is 31.8 Å². The van der Waals surface area contributed by atoms with E-state index < -0.39 is 10.0 Å². The molecule has 0 spiro atoms. The molecule has 0 radical (unpaired) electrons. The first-order valence-corrected chi connectivity index (χ1v) is 8.67. The zero-order chi connectivity index (χ0) is 13.2. The molecule has 2 unspecified atom stereocenters. The van der Waals surface area contributed by atoms with E-state index in [1.165, 1.54) is 6.26 Å². The Morgan fingerprint density at radius 3 is 2.33 bits per heavy atom. The SMILES string of the molecule is CS(=O)(=O)N1CCN(CCC2CCCC2O)CC1. The Morgan fingerprint density at radius 2 is 1.83 bits per heavy atom. The van der Waals surface area contributed by atoms with E-state index in [1.807, 2.05) is 0 Å². The normalized spacial score (nSPS) is 31.9. The van der Waals surface area contributed by atoms with Gasteiger partial charge in [0.2, 0.25) is 10.0 Å². The minimum Gasteiger partial charge on any atom is -0.393 e. The molecule has 0 aromatic heterocycles. The third-order valence-electron chi connectivity index (χ3n) is 4.24. The van der Waals surface area contributed by atoms with E-state index in [4.69, 9.17) is 0 Å². The molecular formula is C12H24N2O3S. The van der Waals surface area contributed by atoms with Crippen LogP contribution < -0.4 is 0 Å². The van der Waals surface area contributed by atoms with Crippen LogP contribution in [0.1, 0.15) is 25.7 Å². The monoisotopic (exact) mass is 276 g/mol. The predicted molar refractivity (Wildman–Crippen MR) is 70.8 cm³/mol. The molecule has 0 aromatic rings. The van der Waals surface area contributed by atoms with Gasteiger partial charge in [0.05, 0.1) is 12.4 Å². The average molecular weight is 276 g/mol. The molecule has 0 amide bonds. The quantitative estimate of drug-likeness (QED) is 0.792. The van der Waals surface area contributed by atoms with Crippen molar-refractivity contribution in [3.8, 4) is 0 Å². The van der Waals surface area contributed by atoms with Crippen LogP contribution in [-0.4, -0.2) is 67.8 Å². The van der Waals surface area contributed by atoms with Gasteiger partial charge in [-0.1, -0.05) is 6.42 Å². The van der Waals surface area contributed by atoms with Crippen LogP contribution in [0.5, 0.6) is 0 Å². The van der Waals surface area contributed by atoms with Gasteiger partial charge in [0.15, 0.2) is 0 Å². The summed E-state index contributed by atoms with van der Waals surface area (Å²) < 4.78 is 24.3. The third kappa shape index (κ3) is 3.66. The molecule has 0 bridgehead atoms. The Balaban J connectivity index is 1.71. The molecule has 1 saturated heterocycles. The molecule has 18 heavy (non-hydrogen) atoms. The Bertz CT molecular complexity index is 364. The molecule has 6 heteroatoms. The second-order valence-corrected chi connectivity index (χ2v) is 7.53. The maximum atomic E-state index is 11.4. The minimum atomic E-state index is -3.02. The van der Waals surface area contributed by atoms with Crippen LogP contribution in [0, 0.1) is 5.92 Å². The van der Waals surface area contributed by atoms with E-state index in [1.54, 1.807) is 4.31 Å². The van der Waals surface area contributed by atoms with E-state index in [-0.39, 0.29) is 6.10 Å². The van der Waals surface area contributed by atoms with E-state index >= 15 is 0 Å². The maximum Gasteiger partial charge on any atom is 0.211 e. The highest BCUT2D eigenvalue weighted by Crippen LogP contribution is 2.28. The molecule has 106 valence electrons. The number of hydrogen-bond acceptors (Lipinski definition) is 4. The van der Waals surface area contributed by atoms with Gasteiger partial charge in [0.1, 0.15) is 0 Å². The van der Waals surface area contributed by atoms with Gasteiger partial charge in [-0.3, -0.25) is 0 Å². The first-order chi connectivity index (χ1) is 8.47. The second-order valence-electron chi connectivity index (χ2n) is 5.55. The number of aliphatic hydroxyl groups is 1. The van der Waals surface area contributed by atoms with E-state index in [0.29, 0.717) is 19.0 Å². The largest absolute Gasteiger partial charge is 0.393 e. The van der Waals surface area contributed by atoms with Gasteiger partial charge in [-0.25, -0.2) is 8.42 Å². The topological polar surface area (TPSA) is 60.9 Å². The van der Waals surface area contributed by atoms with Gasteiger partial charge in [-0.2, -0.15) is 4.31 Å². The fourth-order valence-corrected chi connectivity index (χ4v) is 3.81. The third-order valence-corrected chi connectivity index (χ3v) is 5.54. The van der Waals surface area contributed by atoms with E-state index in [9.17, 15) is 13.5 Å². The summed E-state index contributed by atoms with van der Waals surface area (Å²) in [5.41, 5.74) is 0. The summed E-state index contributed by atoms with van der Waals surface area (Å²) in [5.74, 6) is 0.456. The fourth-order valence-electron chi connectivity index (χ4n) is 2.99. The highest BCUT2D eigenvalue weighted by molar-refractivity contribution is 7.88. The van der Waals surface area contributed by atoms with Crippen LogP contribution in [0.25, 0.3) is 0 Å². The lowest BCUT2D eigenvalue weighted by Gasteiger charge is -2.33. The first-order valence-electron chi connectivity index (χ1n) is 6.82. The highest BCUT2D eigenvalue weighted by Gasteiger charge is 2.27. The summed E-state index contributed by atoms with van der Waals surface area (Å²) in [6.07, 6.45) is 5.45. The second kappa shape index (κ2) is 5.86. The lowest BCUT2D eigenvalue weighted by molar-refractivity contribution is 0.111. The maximum absolute atomic E-state index is 11.4. The number of rotatable bonds is 4.